The summed E-state index contributed by atoms with van der Waals surface area (Å²) in [5.41, 5.74) is 4.28. The zero-order chi connectivity index (χ0) is 15.4. The van der Waals surface area contributed by atoms with Gasteiger partial charge in [-0.25, -0.2) is 4.98 Å². The fourth-order valence-corrected chi connectivity index (χ4v) is 3.62. The lowest BCUT2D eigenvalue weighted by Crippen LogP contribution is -2.24. The highest BCUT2D eigenvalue weighted by atomic mass is 127. The summed E-state index contributed by atoms with van der Waals surface area (Å²) in [7, 11) is 0. The van der Waals surface area contributed by atoms with Gasteiger partial charge in [-0.2, -0.15) is 0 Å². The Bertz CT molecular complexity index is 1030. The summed E-state index contributed by atoms with van der Waals surface area (Å²) in [6, 6.07) is 20.5. The van der Waals surface area contributed by atoms with Crippen LogP contribution in [-0.4, -0.2) is 9.55 Å². The number of hydrogen-bond donors (Lipinski definition) is 1. The third-order valence-corrected chi connectivity index (χ3v) is 4.76. The van der Waals surface area contributed by atoms with Crippen LogP contribution in [0.1, 0.15) is 11.9 Å². The van der Waals surface area contributed by atoms with E-state index in [-0.39, 0.29) is 6.17 Å². The van der Waals surface area contributed by atoms with Crippen LogP contribution in [0.4, 0.5) is 5.69 Å². The van der Waals surface area contributed by atoms with E-state index in [1.807, 2.05) is 42.5 Å². The van der Waals surface area contributed by atoms with Crippen LogP contribution in [0.3, 0.4) is 0 Å². The van der Waals surface area contributed by atoms with E-state index in [9.17, 15) is 0 Å². The molecule has 5 heteroatoms. The molecule has 1 N–H and O–H groups in total. The van der Waals surface area contributed by atoms with Gasteiger partial charge >= 0.3 is 0 Å². The largest absolute Gasteiger partial charge is 0.451 e. The molecule has 0 radical (unpaired) electrons. The minimum Gasteiger partial charge on any atom is -0.451 e. The van der Waals surface area contributed by atoms with Gasteiger partial charge in [0.25, 0.3) is 0 Å². The minimum absolute atomic E-state index is 0.101. The van der Waals surface area contributed by atoms with Gasteiger partial charge < -0.3 is 9.73 Å². The van der Waals surface area contributed by atoms with Crippen LogP contribution in [0.5, 0.6) is 0 Å². The lowest BCUT2D eigenvalue weighted by atomic mass is 10.1. The number of hydrogen-bond acceptors (Lipinski definition) is 3. The Balaban J connectivity index is 1.84. The quantitative estimate of drug-likeness (QED) is 0.453. The molecule has 0 spiro atoms. The maximum atomic E-state index is 5.89. The number of halogens is 1. The number of nitrogens with zero attached hydrogens (tertiary/aromatic N) is 2. The van der Waals surface area contributed by atoms with Crippen LogP contribution >= 0.6 is 22.6 Å². The van der Waals surface area contributed by atoms with Gasteiger partial charge in [-0.3, -0.25) is 4.57 Å². The molecule has 4 aromatic rings. The van der Waals surface area contributed by atoms with Crippen molar-refractivity contribution in [3.63, 3.8) is 0 Å². The number of fused-ring (bicyclic) bond motifs is 5. The standard InChI is InChI=1S/C18H12IN3O/c19-16-10-9-15(23-16)18-20-12-6-2-1-5-11(12)17-21-13-7-3-4-8-14(13)22(17)18/h1-10,18,20H/t18-/m0/s1. The first-order valence-corrected chi connectivity index (χ1v) is 8.47. The van der Waals surface area contributed by atoms with Crippen LogP contribution < -0.4 is 5.32 Å². The summed E-state index contributed by atoms with van der Waals surface area (Å²) in [6.45, 7) is 0. The molecule has 2 aromatic carbocycles. The second kappa shape index (κ2) is 4.86. The van der Waals surface area contributed by atoms with Gasteiger partial charge in [0, 0.05) is 11.3 Å². The van der Waals surface area contributed by atoms with Crippen LogP contribution in [0, 0.1) is 3.77 Å². The van der Waals surface area contributed by atoms with Gasteiger partial charge in [0.05, 0.1) is 11.0 Å². The number of furan rings is 1. The molecule has 2 aromatic heterocycles. The Hall–Kier alpha value is -2.28. The minimum atomic E-state index is -0.101. The Labute approximate surface area is 146 Å². The third-order valence-electron chi connectivity index (χ3n) is 4.18. The fourth-order valence-electron chi connectivity index (χ4n) is 3.19. The van der Waals surface area contributed by atoms with E-state index < -0.39 is 0 Å². The lowest BCUT2D eigenvalue weighted by Gasteiger charge is -2.28. The van der Waals surface area contributed by atoms with Gasteiger partial charge in [0.1, 0.15) is 11.6 Å². The zero-order valence-electron chi connectivity index (χ0n) is 12.0. The van der Waals surface area contributed by atoms with Crippen molar-refractivity contribution in [1.29, 1.82) is 0 Å². The van der Waals surface area contributed by atoms with Crippen molar-refractivity contribution in [2.24, 2.45) is 0 Å². The molecule has 0 fully saturated rings. The highest BCUT2D eigenvalue weighted by Gasteiger charge is 2.29. The second-order valence-electron chi connectivity index (χ2n) is 5.53. The van der Waals surface area contributed by atoms with Crippen molar-refractivity contribution in [2.45, 2.75) is 6.17 Å². The Morgan fingerprint density at radius 1 is 1.00 bits per heavy atom. The molecule has 0 saturated carbocycles. The SMILES string of the molecule is Ic1ccc([C@H]2Nc3ccccc3-c3nc4ccccc4n32)o1. The number of imidazole rings is 1. The molecule has 1 aliphatic rings. The zero-order valence-corrected chi connectivity index (χ0v) is 14.2. The number of nitrogens with one attached hydrogen (secondary N) is 1. The first-order chi connectivity index (χ1) is 11.3. The molecule has 4 nitrogen and oxygen atoms in total. The van der Waals surface area contributed by atoms with Crippen LogP contribution in [0.15, 0.2) is 65.1 Å². The van der Waals surface area contributed by atoms with Gasteiger partial charge in [0.2, 0.25) is 0 Å². The van der Waals surface area contributed by atoms with Crippen molar-refractivity contribution in [3.05, 3.63) is 70.2 Å². The van der Waals surface area contributed by atoms with E-state index in [0.717, 1.165) is 37.6 Å². The summed E-state index contributed by atoms with van der Waals surface area (Å²) < 4.78 is 8.98. The highest BCUT2D eigenvalue weighted by molar-refractivity contribution is 14.1. The first-order valence-electron chi connectivity index (χ1n) is 7.39. The van der Waals surface area contributed by atoms with E-state index in [0.29, 0.717) is 0 Å². The average molecular weight is 413 g/mol. The predicted molar refractivity (Wildman–Crippen MR) is 98.4 cm³/mol. The Morgan fingerprint density at radius 3 is 2.70 bits per heavy atom. The van der Waals surface area contributed by atoms with Crippen molar-refractivity contribution in [2.75, 3.05) is 5.32 Å². The normalized spacial score (nSPS) is 16.0. The summed E-state index contributed by atoms with van der Waals surface area (Å²) in [6.07, 6.45) is -0.101. The topological polar surface area (TPSA) is 43.0 Å². The van der Waals surface area contributed by atoms with Crippen molar-refractivity contribution in [1.82, 2.24) is 9.55 Å². The monoisotopic (exact) mass is 413 g/mol. The van der Waals surface area contributed by atoms with Crippen molar-refractivity contribution >= 4 is 39.3 Å². The van der Waals surface area contributed by atoms with Gasteiger partial charge in [-0.1, -0.05) is 24.3 Å². The molecule has 3 heterocycles. The van der Waals surface area contributed by atoms with E-state index in [1.165, 1.54) is 0 Å². The molecule has 23 heavy (non-hydrogen) atoms. The third kappa shape index (κ3) is 1.92. The molecule has 0 amide bonds. The number of anilines is 1. The molecular formula is C18H12IN3O. The van der Waals surface area contributed by atoms with E-state index in [2.05, 4.69) is 50.7 Å². The number of benzene rings is 2. The summed E-state index contributed by atoms with van der Waals surface area (Å²) >= 11 is 2.19. The van der Waals surface area contributed by atoms with Gasteiger partial charge in [0.15, 0.2) is 9.93 Å². The van der Waals surface area contributed by atoms with E-state index >= 15 is 0 Å². The smallest absolute Gasteiger partial charge is 0.165 e. The maximum absolute atomic E-state index is 5.89. The molecule has 1 atom stereocenters. The maximum Gasteiger partial charge on any atom is 0.165 e. The number of para-hydroxylation sites is 3. The van der Waals surface area contributed by atoms with Crippen LogP contribution in [-0.2, 0) is 0 Å². The van der Waals surface area contributed by atoms with Gasteiger partial charge in [-0.05, 0) is 59.0 Å². The van der Waals surface area contributed by atoms with Gasteiger partial charge in [-0.15, -0.1) is 0 Å². The first kappa shape index (κ1) is 13.2. The molecular weight excluding hydrogens is 401 g/mol. The van der Waals surface area contributed by atoms with E-state index in [1.54, 1.807) is 0 Å². The average Bonchev–Trinajstić information content (AvgIpc) is 3.18. The summed E-state index contributed by atoms with van der Waals surface area (Å²) in [5, 5.41) is 3.59. The Morgan fingerprint density at radius 2 is 1.83 bits per heavy atom. The molecule has 0 saturated heterocycles. The molecule has 0 bridgehead atoms. The second-order valence-corrected chi connectivity index (χ2v) is 6.59. The molecule has 112 valence electrons. The molecule has 1 aliphatic heterocycles. The van der Waals surface area contributed by atoms with Crippen LogP contribution in [0.2, 0.25) is 0 Å². The number of aromatic nitrogens is 2. The predicted octanol–water partition coefficient (Wildman–Crippen LogP) is 4.87. The lowest BCUT2D eigenvalue weighted by molar-refractivity contribution is 0.438. The van der Waals surface area contributed by atoms with Crippen LogP contribution in [0.25, 0.3) is 22.4 Å². The van der Waals surface area contributed by atoms with Crippen molar-refractivity contribution < 1.29 is 4.42 Å². The molecule has 0 aliphatic carbocycles. The van der Waals surface area contributed by atoms with Crippen molar-refractivity contribution in [3.8, 4) is 11.4 Å². The van der Waals surface area contributed by atoms with E-state index in [4.69, 9.17) is 9.40 Å². The fraction of sp³-hybridized carbons (Fsp3) is 0.0556. The molecule has 5 rings (SSSR count). The molecule has 0 unspecified atom stereocenters. The summed E-state index contributed by atoms with van der Waals surface area (Å²) in [4.78, 5) is 4.86. The number of rotatable bonds is 1. The Kier molecular flexibility index (Phi) is 2.78. The highest BCUT2D eigenvalue weighted by Crippen LogP contribution is 2.40. The summed E-state index contributed by atoms with van der Waals surface area (Å²) in [5.74, 6) is 1.85.